The van der Waals surface area contributed by atoms with Gasteiger partial charge in [-0.05, 0) is 11.5 Å². The molecule has 0 aliphatic heterocycles. The Balaban J connectivity index is 2.87. The second kappa shape index (κ2) is 3.03. The highest BCUT2D eigenvalue weighted by Crippen LogP contribution is 2.13. The molecule has 0 atom stereocenters. The molecule has 0 aliphatic carbocycles. The molecular weight excluding hydrogens is 166 g/mol. The van der Waals surface area contributed by atoms with Gasteiger partial charge in [-0.2, -0.15) is 0 Å². The zero-order valence-corrected chi connectivity index (χ0v) is 6.95. The van der Waals surface area contributed by atoms with Crippen LogP contribution < -0.4 is 5.56 Å². The molecule has 0 radical (unpaired) electrons. The summed E-state index contributed by atoms with van der Waals surface area (Å²) in [5.74, 6) is 0. The van der Waals surface area contributed by atoms with Crippen molar-refractivity contribution in [2.45, 2.75) is 6.61 Å². The number of aromatic nitrogens is 1. The predicted octanol–water partition coefficient (Wildman–Crippen LogP) is 1.02. The summed E-state index contributed by atoms with van der Waals surface area (Å²) in [6, 6.07) is 8.76. The number of fused-ring (bicyclic) bond motifs is 1. The van der Waals surface area contributed by atoms with E-state index in [0.29, 0.717) is 0 Å². The van der Waals surface area contributed by atoms with Crippen molar-refractivity contribution in [1.82, 2.24) is 4.98 Å². The van der Waals surface area contributed by atoms with Gasteiger partial charge in [-0.25, -0.2) is 0 Å². The monoisotopic (exact) mass is 175 g/mol. The highest BCUT2D eigenvalue weighted by atomic mass is 16.3. The number of aliphatic hydroxyl groups is 1. The average molecular weight is 175 g/mol. The Hall–Kier alpha value is -1.61. The number of hydrogen-bond donors (Lipinski definition) is 2. The quantitative estimate of drug-likeness (QED) is 0.679. The Morgan fingerprint density at radius 1 is 1.23 bits per heavy atom. The summed E-state index contributed by atoms with van der Waals surface area (Å²) in [7, 11) is 0. The molecule has 66 valence electrons. The summed E-state index contributed by atoms with van der Waals surface area (Å²) in [5.41, 5.74) is 1.32. The summed E-state index contributed by atoms with van der Waals surface area (Å²) in [6.07, 6.45) is 0. The SMILES string of the molecule is O=c1ccc2cccc(CO)c2[nH]1. The molecule has 3 nitrogen and oxygen atoms in total. The van der Waals surface area contributed by atoms with Gasteiger partial charge in [0.05, 0.1) is 12.1 Å². The first kappa shape index (κ1) is 8.01. The second-order valence-corrected chi connectivity index (χ2v) is 2.86. The van der Waals surface area contributed by atoms with Crippen LogP contribution in [0.4, 0.5) is 0 Å². The molecule has 3 heteroatoms. The van der Waals surface area contributed by atoms with Gasteiger partial charge in [0.15, 0.2) is 0 Å². The fourth-order valence-electron chi connectivity index (χ4n) is 1.37. The fourth-order valence-corrected chi connectivity index (χ4v) is 1.37. The number of hydrogen-bond acceptors (Lipinski definition) is 2. The van der Waals surface area contributed by atoms with Crippen LogP contribution in [0, 0.1) is 0 Å². The normalized spacial score (nSPS) is 10.5. The average Bonchev–Trinajstić information content (AvgIpc) is 2.17. The van der Waals surface area contributed by atoms with Gasteiger partial charge in [0, 0.05) is 11.6 Å². The lowest BCUT2D eigenvalue weighted by atomic mass is 10.1. The van der Waals surface area contributed by atoms with Crippen molar-refractivity contribution in [3.63, 3.8) is 0 Å². The van der Waals surface area contributed by atoms with Gasteiger partial charge in [-0.15, -0.1) is 0 Å². The second-order valence-electron chi connectivity index (χ2n) is 2.86. The van der Waals surface area contributed by atoms with Crippen molar-refractivity contribution in [2.75, 3.05) is 0 Å². The van der Waals surface area contributed by atoms with Gasteiger partial charge in [0.25, 0.3) is 0 Å². The van der Waals surface area contributed by atoms with E-state index >= 15 is 0 Å². The van der Waals surface area contributed by atoms with Crippen LogP contribution in [-0.2, 0) is 6.61 Å². The van der Waals surface area contributed by atoms with Gasteiger partial charge in [0.2, 0.25) is 5.56 Å². The molecule has 0 fully saturated rings. The molecular formula is C10H9NO2. The molecule has 2 N–H and O–H groups in total. The van der Waals surface area contributed by atoms with E-state index in [1.165, 1.54) is 6.07 Å². The summed E-state index contributed by atoms with van der Waals surface area (Å²) < 4.78 is 0. The number of nitrogens with one attached hydrogen (secondary N) is 1. The first-order valence-electron chi connectivity index (χ1n) is 4.03. The molecule has 0 bridgehead atoms. The van der Waals surface area contributed by atoms with Crippen molar-refractivity contribution in [3.05, 3.63) is 46.2 Å². The minimum absolute atomic E-state index is 0.0582. The van der Waals surface area contributed by atoms with Crippen LogP contribution in [0.2, 0.25) is 0 Å². The van der Waals surface area contributed by atoms with Crippen LogP contribution in [0.15, 0.2) is 35.1 Å². The van der Waals surface area contributed by atoms with E-state index in [-0.39, 0.29) is 12.2 Å². The summed E-state index contributed by atoms with van der Waals surface area (Å²) in [6.45, 7) is -0.0582. The molecule has 2 aromatic rings. The van der Waals surface area contributed by atoms with E-state index in [4.69, 9.17) is 5.11 Å². The number of benzene rings is 1. The van der Waals surface area contributed by atoms with Gasteiger partial charge >= 0.3 is 0 Å². The van der Waals surface area contributed by atoms with Crippen LogP contribution in [0.25, 0.3) is 10.9 Å². The molecule has 0 aliphatic rings. The van der Waals surface area contributed by atoms with Gasteiger partial charge in [-0.3, -0.25) is 4.79 Å². The van der Waals surface area contributed by atoms with Crippen LogP contribution in [0.3, 0.4) is 0 Å². The number of para-hydroxylation sites is 1. The number of H-pyrrole nitrogens is 1. The number of aromatic amines is 1. The summed E-state index contributed by atoms with van der Waals surface area (Å²) in [5, 5.41) is 9.94. The van der Waals surface area contributed by atoms with Crippen molar-refractivity contribution < 1.29 is 5.11 Å². The zero-order chi connectivity index (χ0) is 9.26. The van der Waals surface area contributed by atoms with Gasteiger partial charge in [0.1, 0.15) is 0 Å². The minimum Gasteiger partial charge on any atom is -0.392 e. The maximum atomic E-state index is 11.0. The van der Waals surface area contributed by atoms with Crippen LogP contribution in [0.1, 0.15) is 5.56 Å². The molecule has 0 saturated carbocycles. The fraction of sp³-hybridized carbons (Fsp3) is 0.100. The molecule has 0 saturated heterocycles. The number of pyridine rings is 1. The highest BCUT2D eigenvalue weighted by molar-refractivity contribution is 5.81. The Morgan fingerprint density at radius 2 is 2.08 bits per heavy atom. The molecule has 1 aromatic carbocycles. The van der Waals surface area contributed by atoms with Crippen molar-refractivity contribution >= 4 is 10.9 Å². The molecule has 13 heavy (non-hydrogen) atoms. The van der Waals surface area contributed by atoms with Crippen molar-refractivity contribution in [2.24, 2.45) is 0 Å². The molecule has 1 aromatic heterocycles. The Bertz CT molecular complexity index is 487. The predicted molar refractivity (Wildman–Crippen MR) is 50.5 cm³/mol. The summed E-state index contributed by atoms with van der Waals surface area (Å²) >= 11 is 0. The third kappa shape index (κ3) is 1.34. The maximum absolute atomic E-state index is 11.0. The lowest BCUT2D eigenvalue weighted by Gasteiger charge is -2.01. The van der Waals surface area contributed by atoms with Crippen molar-refractivity contribution in [1.29, 1.82) is 0 Å². The molecule has 0 spiro atoms. The van der Waals surface area contributed by atoms with Crippen LogP contribution in [0.5, 0.6) is 0 Å². The van der Waals surface area contributed by atoms with E-state index in [1.54, 1.807) is 12.1 Å². The lowest BCUT2D eigenvalue weighted by Crippen LogP contribution is -2.04. The first-order chi connectivity index (χ1) is 6.31. The first-order valence-corrected chi connectivity index (χ1v) is 4.03. The van der Waals surface area contributed by atoms with E-state index in [2.05, 4.69) is 4.98 Å². The minimum atomic E-state index is -0.145. The standard InChI is InChI=1S/C10H9NO2/c12-6-8-3-1-2-7-4-5-9(13)11-10(7)8/h1-5,12H,6H2,(H,11,13). The van der Waals surface area contributed by atoms with Crippen LogP contribution >= 0.6 is 0 Å². The summed E-state index contributed by atoms with van der Waals surface area (Å²) in [4.78, 5) is 13.7. The molecule has 2 rings (SSSR count). The van der Waals surface area contributed by atoms with E-state index < -0.39 is 0 Å². The number of aliphatic hydroxyl groups excluding tert-OH is 1. The highest BCUT2D eigenvalue weighted by Gasteiger charge is 1.99. The third-order valence-electron chi connectivity index (χ3n) is 2.02. The van der Waals surface area contributed by atoms with E-state index in [0.717, 1.165) is 16.5 Å². The topological polar surface area (TPSA) is 53.1 Å². The number of rotatable bonds is 1. The molecule has 0 amide bonds. The Labute approximate surface area is 74.7 Å². The largest absolute Gasteiger partial charge is 0.392 e. The third-order valence-corrected chi connectivity index (χ3v) is 2.02. The smallest absolute Gasteiger partial charge is 0.248 e. The Kier molecular flexibility index (Phi) is 1.87. The molecule has 1 heterocycles. The Morgan fingerprint density at radius 3 is 2.85 bits per heavy atom. The lowest BCUT2D eigenvalue weighted by molar-refractivity contribution is 0.283. The van der Waals surface area contributed by atoms with Crippen molar-refractivity contribution in [3.8, 4) is 0 Å². The maximum Gasteiger partial charge on any atom is 0.248 e. The van der Waals surface area contributed by atoms with Gasteiger partial charge in [-0.1, -0.05) is 18.2 Å². The van der Waals surface area contributed by atoms with Crippen LogP contribution in [-0.4, -0.2) is 10.1 Å². The zero-order valence-electron chi connectivity index (χ0n) is 6.95. The molecule has 0 unspecified atom stereocenters. The van der Waals surface area contributed by atoms with E-state index in [9.17, 15) is 4.79 Å². The van der Waals surface area contributed by atoms with Gasteiger partial charge < -0.3 is 10.1 Å². The van der Waals surface area contributed by atoms with E-state index in [1.807, 2.05) is 12.1 Å².